The first-order chi connectivity index (χ1) is 9.20. The van der Waals surface area contributed by atoms with Crippen LogP contribution in [0.4, 0.5) is 5.82 Å². The fraction of sp³-hybridized carbons (Fsp3) is 0.273. The van der Waals surface area contributed by atoms with E-state index >= 15 is 0 Å². The lowest BCUT2D eigenvalue weighted by atomic mass is 10.3. The van der Waals surface area contributed by atoms with Crippen LogP contribution in [0.1, 0.15) is 16.3 Å². The molecule has 1 amide bonds. The number of aromatic nitrogens is 4. The third-order valence-electron chi connectivity index (χ3n) is 2.60. The van der Waals surface area contributed by atoms with Crippen molar-refractivity contribution >= 4 is 11.7 Å². The lowest BCUT2D eigenvalue weighted by Crippen LogP contribution is -2.27. The number of hydrogen-bond donors (Lipinski definition) is 3. The number of hydrogen-bond acceptors (Lipinski definition) is 6. The highest BCUT2D eigenvalue weighted by Gasteiger charge is 2.08. The predicted molar refractivity (Wildman–Crippen MR) is 69.1 cm³/mol. The van der Waals surface area contributed by atoms with Gasteiger partial charge in [-0.1, -0.05) is 0 Å². The molecule has 2 aromatic rings. The summed E-state index contributed by atoms with van der Waals surface area (Å²) in [7, 11) is 1.91. The number of rotatable bonds is 5. The number of hydrazine groups is 1. The number of amides is 1. The Labute approximate surface area is 110 Å². The van der Waals surface area contributed by atoms with Crippen molar-refractivity contribution in [3.05, 3.63) is 36.0 Å². The minimum absolute atomic E-state index is 0.249. The third-order valence-corrected chi connectivity index (χ3v) is 2.60. The first kappa shape index (κ1) is 13.0. The molecule has 4 N–H and O–H groups in total. The van der Waals surface area contributed by atoms with Gasteiger partial charge in [0.15, 0.2) is 11.5 Å². The van der Waals surface area contributed by atoms with E-state index in [4.69, 9.17) is 5.84 Å². The molecule has 2 rings (SSSR count). The molecule has 0 aliphatic heterocycles. The van der Waals surface area contributed by atoms with Crippen molar-refractivity contribution in [3.63, 3.8) is 0 Å². The number of nitrogen functional groups attached to an aromatic ring is 1. The van der Waals surface area contributed by atoms with E-state index < -0.39 is 0 Å². The predicted octanol–water partition coefficient (Wildman–Crippen LogP) is -0.532. The van der Waals surface area contributed by atoms with Crippen LogP contribution in [0.2, 0.25) is 0 Å². The second-order valence-electron chi connectivity index (χ2n) is 3.91. The van der Waals surface area contributed by atoms with Gasteiger partial charge in [-0.2, -0.15) is 0 Å². The van der Waals surface area contributed by atoms with E-state index in [0.29, 0.717) is 18.8 Å². The topological polar surface area (TPSA) is 111 Å². The quantitative estimate of drug-likeness (QED) is 0.493. The van der Waals surface area contributed by atoms with Crippen molar-refractivity contribution in [2.75, 3.05) is 12.0 Å². The maximum atomic E-state index is 11.8. The van der Waals surface area contributed by atoms with Crippen molar-refractivity contribution in [1.82, 2.24) is 25.1 Å². The molecule has 0 saturated carbocycles. The average molecular weight is 261 g/mol. The van der Waals surface area contributed by atoms with Gasteiger partial charge in [0.05, 0.1) is 0 Å². The molecule has 8 nitrogen and oxygen atoms in total. The summed E-state index contributed by atoms with van der Waals surface area (Å²) in [5, 5.41) is 10.2. The Kier molecular flexibility index (Phi) is 4.04. The fourth-order valence-electron chi connectivity index (χ4n) is 1.55. The molecule has 0 unspecified atom stereocenters. The van der Waals surface area contributed by atoms with E-state index in [0.717, 1.165) is 5.82 Å². The Hall–Kier alpha value is -2.48. The summed E-state index contributed by atoms with van der Waals surface area (Å²) < 4.78 is 1.91. The second kappa shape index (κ2) is 5.91. The minimum atomic E-state index is -0.273. The fourth-order valence-corrected chi connectivity index (χ4v) is 1.55. The molecule has 100 valence electrons. The Bertz CT molecular complexity index is 548. The second-order valence-corrected chi connectivity index (χ2v) is 3.91. The van der Waals surface area contributed by atoms with Gasteiger partial charge in [-0.25, -0.2) is 10.8 Å². The number of nitrogens with two attached hydrogens (primary N) is 1. The van der Waals surface area contributed by atoms with Gasteiger partial charge in [0.2, 0.25) is 0 Å². The molecule has 0 bridgehead atoms. The zero-order valence-corrected chi connectivity index (χ0v) is 10.5. The monoisotopic (exact) mass is 261 g/mol. The van der Waals surface area contributed by atoms with Gasteiger partial charge >= 0.3 is 0 Å². The maximum absolute atomic E-state index is 11.8. The SMILES string of the molecule is Cn1ccnc1CCNC(=O)c1ccc(NN)nn1. The van der Waals surface area contributed by atoms with Gasteiger partial charge in [0.1, 0.15) is 5.82 Å². The third kappa shape index (κ3) is 3.26. The van der Waals surface area contributed by atoms with E-state index in [9.17, 15) is 4.79 Å². The molecule has 0 radical (unpaired) electrons. The molecule has 2 heterocycles. The summed E-state index contributed by atoms with van der Waals surface area (Å²) in [6, 6.07) is 3.14. The van der Waals surface area contributed by atoms with Crippen molar-refractivity contribution < 1.29 is 4.79 Å². The smallest absolute Gasteiger partial charge is 0.271 e. The van der Waals surface area contributed by atoms with Gasteiger partial charge in [0, 0.05) is 32.4 Å². The number of nitrogens with zero attached hydrogens (tertiary/aromatic N) is 4. The first-order valence-corrected chi connectivity index (χ1v) is 5.75. The largest absolute Gasteiger partial charge is 0.350 e. The van der Waals surface area contributed by atoms with Gasteiger partial charge in [-0.05, 0) is 12.1 Å². The Morgan fingerprint density at radius 1 is 1.42 bits per heavy atom. The van der Waals surface area contributed by atoms with Crippen LogP contribution >= 0.6 is 0 Å². The lowest BCUT2D eigenvalue weighted by Gasteiger charge is -2.05. The molecular weight excluding hydrogens is 246 g/mol. The van der Waals surface area contributed by atoms with E-state index in [1.54, 1.807) is 18.3 Å². The van der Waals surface area contributed by atoms with Crippen molar-refractivity contribution in [2.24, 2.45) is 12.9 Å². The van der Waals surface area contributed by atoms with Gasteiger partial charge in [0.25, 0.3) is 5.91 Å². The molecule has 0 spiro atoms. The van der Waals surface area contributed by atoms with E-state index in [1.807, 2.05) is 17.8 Å². The Balaban J connectivity index is 1.85. The average Bonchev–Trinajstić information content (AvgIpc) is 2.84. The summed E-state index contributed by atoms with van der Waals surface area (Å²) >= 11 is 0. The van der Waals surface area contributed by atoms with Crippen molar-refractivity contribution in [2.45, 2.75) is 6.42 Å². The van der Waals surface area contributed by atoms with Gasteiger partial charge in [-0.3, -0.25) is 4.79 Å². The van der Waals surface area contributed by atoms with Crippen molar-refractivity contribution in [3.8, 4) is 0 Å². The van der Waals surface area contributed by atoms with Crippen LogP contribution in [0, 0.1) is 0 Å². The van der Waals surface area contributed by atoms with Crippen LogP contribution in [0.5, 0.6) is 0 Å². The highest BCUT2D eigenvalue weighted by Crippen LogP contribution is 2.00. The van der Waals surface area contributed by atoms with E-state index in [1.165, 1.54) is 0 Å². The van der Waals surface area contributed by atoms with Crippen LogP contribution < -0.4 is 16.6 Å². The molecule has 8 heteroatoms. The van der Waals surface area contributed by atoms with Crippen LogP contribution in [-0.2, 0) is 13.5 Å². The number of imidazole rings is 1. The zero-order valence-electron chi connectivity index (χ0n) is 10.5. The number of nitrogens with one attached hydrogen (secondary N) is 2. The highest BCUT2D eigenvalue weighted by atomic mass is 16.1. The van der Waals surface area contributed by atoms with Crippen LogP contribution in [0.3, 0.4) is 0 Å². The summed E-state index contributed by atoms with van der Waals surface area (Å²) in [6.45, 7) is 0.488. The van der Waals surface area contributed by atoms with Gasteiger partial charge in [-0.15, -0.1) is 10.2 Å². The molecule has 0 aromatic carbocycles. The summed E-state index contributed by atoms with van der Waals surface area (Å²) in [6.07, 6.45) is 4.24. The molecule has 0 aliphatic carbocycles. The van der Waals surface area contributed by atoms with Gasteiger partial charge < -0.3 is 15.3 Å². The zero-order chi connectivity index (χ0) is 13.7. The molecule has 0 fully saturated rings. The molecule has 0 atom stereocenters. The molecule has 2 aromatic heterocycles. The molecule has 0 saturated heterocycles. The number of aryl methyl sites for hydroxylation is 1. The number of carbonyl (C=O) groups is 1. The van der Waals surface area contributed by atoms with Crippen LogP contribution in [-0.4, -0.2) is 32.2 Å². The summed E-state index contributed by atoms with van der Waals surface area (Å²) in [5.41, 5.74) is 2.59. The lowest BCUT2D eigenvalue weighted by molar-refractivity contribution is 0.0948. The Morgan fingerprint density at radius 2 is 2.26 bits per heavy atom. The van der Waals surface area contributed by atoms with Crippen LogP contribution in [0.25, 0.3) is 0 Å². The van der Waals surface area contributed by atoms with Crippen molar-refractivity contribution in [1.29, 1.82) is 0 Å². The van der Waals surface area contributed by atoms with E-state index in [2.05, 4.69) is 25.9 Å². The number of anilines is 1. The minimum Gasteiger partial charge on any atom is -0.350 e. The summed E-state index contributed by atoms with van der Waals surface area (Å²) in [4.78, 5) is 15.9. The number of carbonyl (C=O) groups excluding carboxylic acids is 1. The molecular formula is C11H15N7O. The Morgan fingerprint density at radius 3 is 2.84 bits per heavy atom. The highest BCUT2D eigenvalue weighted by molar-refractivity contribution is 5.92. The maximum Gasteiger partial charge on any atom is 0.271 e. The van der Waals surface area contributed by atoms with Crippen LogP contribution in [0.15, 0.2) is 24.5 Å². The standard InChI is InChI=1S/C11H15N7O/c1-18-7-6-13-10(18)4-5-14-11(19)8-2-3-9(15-12)17-16-8/h2-3,6-7H,4-5,12H2,1H3,(H,14,19)(H,15,17). The first-order valence-electron chi connectivity index (χ1n) is 5.75. The summed E-state index contributed by atoms with van der Waals surface area (Å²) in [5.74, 6) is 6.21. The molecule has 19 heavy (non-hydrogen) atoms. The normalized spacial score (nSPS) is 10.2. The van der Waals surface area contributed by atoms with E-state index in [-0.39, 0.29) is 11.6 Å². The molecule has 0 aliphatic rings.